The maximum Gasteiger partial charge on any atom is 0.250 e. The Morgan fingerprint density at radius 2 is 2.14 bits per heavy atom. The topological polar surface area (TPSA) is 79.5 Å². The summed E-state index contributed by atoms with van der Waals surface area (Å²) >= 11 is 1.37. The number of aryl methyl sites for hydroxylation is 1. The second-order valence-corrected chi connectivity index (χ2v) is 7.00. The second kappa shape index (κ2) is 9.23. The number of aromatic nitrogens is 2. The number of hydrogen-bond acceptors (Lipinski definition) is 5. The summed E-state index contributed by atoms with van der Waals surface area (Å²) in [5, 5.41) is 15.0. The number of allylic oxidation sites excluding steroid dienone is 1. The summed E-state index contributed by atoms with van der Waals surface area (Å²) in [5.74, 6) is 0.104. The molecule has 3 rings (SSSR count). The molecule has 144 valence electrons. The van der Waals surface area contributed by atoms with Gasteiger partial charge in [0.05, 0.1) is 23.0 Å². The van der Waals surface area contributed by atoms with Gasteiger partial charge in [-0.25, -0.2) is 10.4 Å². The average Bonchev–Trinajstić information content (AvgIpc) is 3.07. The monoisotopic (exact) mass is 394 g/mol. The van der Waals surface area contributed by atoms with E-state index in [1.807, 2.05) is 36.4 Å². The first-order chi connectivity index (χ1) is 13.6. The van der Waals surface area contributed by atoms with Crippen molar-refractivity contribution in [3.05, 3.63) is 66.2 Å². The van der Waals surface area contributed by atoms with E-state index in [0.717, 1.165) is 28.3 Å². The second-order valence-electron chi connectivity index (χ2n) is 6.06. The molecule has 0 aliphatic carbocycles. The molecule has 6 nitrogen and oxygen atoms in total. The largest absolute Gasteiger partial charge is 0.507 e. The van der Waals surface area contributed by atoms with Gasteiger partial charge in [0, 0.05) is 12.1 Å². The summed E-state index contributed by atoms with van der Waals surface area (Å²) in [4.78, 5) is 16.7. The van der Waals surface area contributed by atoms with Crippen LogP contribution in [0.4, 0.5) is 0 Å². The predicted molar refractivity (Wildman–Crippen MR) is 114 cm³/mol. The van der Waals surface area contributed by atoms with E-state index in [-0.39, 0.29) is 17.4 Å². The lowest BCUT2D eigenvalue weighted by atomic mass is 10.1. The molecule has 1 heterocycles. The van der Waals surface area contributed by atoms with Crippen LogP contribution in [0.5, 0.6) is 5.75 Å². The number of imidazole rings is 1. The molecule has 0 saturated carbocycles. The average molecular weight is 395 g/mol. The molecule has 1 amide bonds. The highest BCUT2D eigenvalue weighted by Crippen LogP contribution is 2.24. The molecule has 2 aromatic carbocycles. The Kier molecular flexibility index (Phi) is 6.49. The summed E-state index contributed by atoms with van der Waals surface area (Å²) in [7, 11) is 0. The van der Waals surface area contributed by atoms with Crippen LogP contribution < -0.4 is 5.43 Å². The van der Waals surface area contributed by atoms with Gasteiger partial charge in [0.25, 0.3) is 5.91 Å². The summed E-state index contributed by atoms with van der Waals surface area (Å²) in [6.07, 6.45) is 3.72. The number of fused-ring (bicyclic) bond motifs is 1. The van der Waals surface area contributed by atoms with Crippen LogP contribution in [0.1, 0.15) is 18.1 Å². The number of hydrazone groups is 1. The van der Waals surface area contributed by atoms with Crippen LogP contribution in [0.15, 0.2) is 65.4 Å². The van der Waals surface area contributed by atoms with E-state index in [9.17, 15) is 9.90 Å². The van der Waals surface area contributed by atoms with Crippen molar-refractivity contribution in [2.45, 2.75) is 25.0 Å². The molecule has 0 unspecified atom stereocenters. The molecule has 3 aromatic rings. The van der Waals surface area contributed by atoms with Crippen LogP contribution in [0.3, 0.4) is 0 Å². The van der Waals surface area contributed by atoms with Crippen LogP contribution in [-0.2, 0) is 17.8 Å². The number of phenols is 1. The lowest BCUT2D eigenvalue weighted by molar-refractivity contribution is -0.118. The number of carbonyl (C=O) groups is 1. The van der Waals surface area contributed by atoms with Crippen LogP contribution in [0.25, 0.3) is 11.0 Å². The Morgan fingerprint density at radius 1 is 1.32 bits per heavy atom. The number of benzene rings is 2. The summed E-state index contributed by atoms with van der Waals surface area (Å²) in [6.45, 7) is 6.50. The number of amides is 1. The van der Waals surface area contributed by atoms with E-state index < -0.39 is 0 Å². The molecule has 0 atom stereocenters. The van der Waals surface area contributed by atoms with Crippen molar-refractivity contribution in [1.82, 2.24) is 15.0 Å². The van der Waals surface area contributed by atoms with E-state index in [2.05, 4.69) is 33.6 Å². The van der Waals surface area contributed by atoms with Gasteiger partial charge in [-0.3, -0.25) is 4.79 Å². The van der Waals surface area contributed by atoms with E-state index in [1.165, 1.54) is 18.0 Å². The molecule has 0 aliphatic heterocycles. The van der Waals surface area contributed by atoms with Crippen molar-refractivity contribution < 1.29 is 9.90 Å². The fourth-order valence-electron chi connectivity index (χ4n) is 2.84. The van der Waals surface area contributed by atoms with Crippen molar-refractivity contribution in [2.75, 3.05) is 5.75 Å². The molecule has 0 fully saturated rings. The van der Waals surface area contributed by atoms with Gasteiger partial charge in [0.2, 0.25) is 0 Å². The van der Waals surface area contributed by atoms with Gasteiger partial charge in [-0.2, -0.15) is 5.10 Å². The maximum absolute atomic E-state index is 12.1. The Morgan fingerprint density at radius 3 is 2.93 bits per heavy atom. The molecule has 0 spiro atoms. The Bertz CT molecular complexity index is 1030. The summed E-state index contributed by atoms with van der Waals surface area (Å²) in [5.41, 5.74) is 5.77. The Labute approximate surface area is 168 Å². The van der Waals surface area contributed by atoms with Gasteiger partial charge < -0.3 is 9.67 Å². The van der Waals surface area contributed by atoms with Gasteiger partial charge >= 0.3 is 0 Å². The number of phenolic OH excluding ortho intramolecular Hbond substituents is 1. The van der Waals surface area contributed by atoms with E-state index in [1.54, 1.807) is 12.1 Å². The molecule has 2 N–H and O–H groups in total. The molecule has 7 heteroatoms. The molecule has 28 heavy (non-hydrogen) atoms. The first-order valence-corrected chi connectivity index (χ1v) is 9.94. The standard InChI is InChI=1S/C21H22N4O2S/c1-3-8-15-9-7-10-16(20(15)27)13-22-24-19(26)14-28-21-23-17-11-5-6-12-18(17)25(21)4-2/h3,5-7,9-13,27H,1,4,8,14H2,2H3,(H,24,26)/b22-13+. The smallest absolute Gasteiger partial charge is 0.250 e. The van der Waals surface area contributed by atoms with Gasteiger partial charge in [-0.15, -0.1) is 6.58 Å². The van der Waals surface area contributed by atoms with Crippen molar-refractivity contribution in [3.8, 4) is 5.75 Å². The third-order valence-corrected chi connectivity index (χ3v) is 5.15. The van der Waals surface area contributed by atoms with Crippen LogP contribution in [0.2, 0.25) is 0 Å². The highest BCUT2D eigenvalue weighted by atomic mass is 32.2. The fraction of sp³-hybridized carbons (Fsp3) is 0.190. The van der Waals surface area contributed by atoms with Crippen molar-refractivity contribution in [3.63, 3.8) is 0 Å². The molecule has 0 radical (unpaired) electrons. The zero-order valence-corrected chi connectivity index (χ0v) is 16.4. The zero-order valence-electron chi connectivity index (χ0n) is 15.6. The molecular formula is C21H22N4O2S. The number of hydrogen-bond donors (Lipinski definition) is 2. The number of thioether (sulfide) groups is 1. The first-order valence-electron chi connectivity index (χ1n) is 8.95. The number of rotatable bonds is 8. The van der Waals surface area contributed by atoms with Crippen LogP contribution in [-0.4, -0.2) is 32.5 Å². The molecule has 0 aliphatic rings. The highest BCUT2D eigenvalue weighted by molar-refractivity contribution is 7.99. The van der Waals surface area contributed by atoms with Gasteiger partial charge in [0.15, 0.2) is 5.16 Å². The van der Waals surface area contributed by atoms with Crippen molar-refractivity contribution in [2.24, 2.45) is 5.10 Å². The van der Waals surface area contributed by atoms with Gasteiger partial charge in [0.1, 0.15) is 5.75 Å². The lowest BCUT2D eigenvalue weighted by Crippen LogP contribution is -2.20. The van der Waals surface area contributed by atoms with Crippen molar-refractivity contribution >= 4 is 34.9 Å². The Balaban J connectivity index is 1.60. The highest BCUT2D eigenvalue weighted by Gasteiger charge is 2.11. The van der Waals surface area contributed by atoms with Crippen LogP contribution in [0, 0.1) is 0 Å². The third-order valence-electron chi connectivity index (χ3n) is 4.18. The number of aromatic hydroxyl groups is 1. The predicted octanol–water partition coefficient (Wildman–Crippen LogP) is 3.73. The number of nitrogens with zero attached hydrogens (tertiary/aromatic N) is 3. The normalized spacial score (nSPS) is 11.2. The number of carbonyl (C=O) groups excluding carboxylic acids is 1. The molecule has 0 bridgehead atoms. The number of nitrogens with one attached hydrogen (secondary N) is 1. The SMILES string of the molecule is C=CCc1cccc(/C=N/NC(=O)CSc2nc3ccccc3n2CC)c1O. The molecule has 0 saturated heterocycles. The van der Waals surface area contributed by atoms with Crippen LogP contribution >= 0.6 is 11.8 Å². The maximum atomic E-state index is 12.1. The summed E-state index contributed by atoms with van der Waals surface area (Å²) < 4.78 is 2.08. The zero-order chi connectivity index (χ0) is 19.9. The molecule has 1 aromatic heterocycles. The van der Waals surface area contributed by atoms with E-state index >= 15 is 0 Å². The quantitative estimate of drug-likeness (QED) is 0.264. The minimum absolute atomic E-state index is 0.145. The minimum atomic E-state index is -0.238. The third kappa shape index (κ3) is 4.43. The van der Waals surface area contributed by atoms with E-state index in [0.29, 0.717) is 12.0 Å². The van der Waals surface area contributed by atoms with Gasteiger partial charge in [-0.1, -0.05) is 42.1 Å². The summed E-state index contributed by atoms with van der Waals surface area (Å²) in [6, 6.07) is 13.3. The van der Waals surface area contributed by atoms with E-state index in [4.69, 9.17) is 0 Å². The first kappa shape index (κ1) is 19.7. The van der Waals surface area contributed by atoms with Crippen molar-refractivity contribution in [1.29, 1.82) is 0 Å². The molecular weight excluding hydrogens is 372 g/mol. The number of para-hydroxylation sites is 3. The fourth-order valence-corrected chi connectivity index (χ4v) is 3.71. The van der Waals surface area contributed by atoms with Gasteiger partial charge in [-0.05, 0) is 37.1 Å². The Hall–Kier alpha value is -3.06. The minimum Gasteiger partial charge on any atom is -0.507 e. The lowest BCUT2D eigenvalue weighted by Gasteiger charge is -2.05.